The number of halogens is 1. The summed E-state index contributed by atoms with van der Waals surface area (Å²) in [5.74, 6) is 0.249. The molecular weight excluding hydrogens is 495 g/mol. The lowest BCUT2D eigenvalue weighted by Gasteiger charge is -2.30. The van der Waals surface area contributed by atoms with Crippen molar-refractivity contribution in [2.75, 3.05) is 27.4 Å². The zero-order chi connectivity index (χ0) is 26.2. The monoisotopic (exact) mass is 526 g/mol. The number of methoxy groups -OCH3 is 2. The summed E-state index contributed by atoms with van der Waals surface area (Å²) in [4.78, 5) is 28.0. The highest BCUT2D eigenvalue weighted by Gasteiger charge is 2.32. The molecule has 1 N–H and O–H groups in total. The molecule has 0 radical (unpaired) electrons. The van der Waals surface area contributed by atoms with E-state index in [1.807, 2.05) is 5.38 Å². The quantitative estimate of drug-likeness (QED) is 0.409. The predicted molar refractivity (Wildman–Crippen MR) is 140 cm³/mol. The molecule has 4 rings (SSSR count). The van der Waals surface area contributed by atoms with Gasteiger partial charge in [0, 0.05) is 25.1 Å². The van der Waals surface area contributed by atoms with Crippen LogP contribution in [0.15, 0.2) is 53.2 Å². The molecule has 1 aromatic heterocycles. The summed E-state index contributed by atoms with van der Waals surface area (Å²) in [6, 6.07) is 10.4. The van der Waals surface area contributed by atoms with Gasteiger partial charge in [-0.05, 0) is 77.5 Å². The van der Waals surface area contributed by atoms with Crippen molar-refractivity contribution < 1.29 is 28.2 Å². The van der Waals surface area contributed by atoms with Gasteiger partial charge in [0.15, 0.2) is 11.5 Å². The fourth-order valence-electron chi connectivity index (χ4n) is 4.40. The smallest absolute Gasteiger partial charge is 0.254 e. The van der Waals surface area contributed by atoms with E-state index in [1.54, 1.807) is 43.8 Å². The average molecular weight is 527 g/mol. The Kier molecular flexibility index (Phi) is 9.00. The molecule has 1 aliphatic rings. The highest BCUT2D eigenvalue weighted by atomic mass is 32.1. The summed E-state index contributed by atoms with van der Waals surface area (Å²) < 4.78 is 31.2. The lowest BCUT2D eigenvalue weighted by atomic mass is 10.0. The second-order valence-corrected chi connectivity index (χ2v) is 9.59. The molecular formula is C28H31FN2O5S. The van der Waals surface area contributed by atoms with Crippen molar-refractivity contribution in [3.05, 3.63) is 75.7 Å². The van der Waals surface area contributed by atoms with E-state index in [2.05, 4.69) is 16.8 Å². The molecule has 7 nitrogen and oxygen atoms in total. The van der Waals surface area contributed by atoms with E-state index in [0.717, 1.165) is 19.3 Å². The largest absolute Gasteiger partial charge is 0.493 e. The first-order valence-corrected chi connectivity index (χ1v) is 13.2. The fraction of sp³-hybridized carbons (Fsp3) is 0.357. The van der Waals surface area contributed by atoms with Crippen molar-refractivity contribution >= 4 is 23.2 Å². The van der Waals surface area contributed by atoms with Gasteiger partial charge < -0.3 is 24.4 Å². The Morgan fingerprint density at radius 1 is 1.11 bits per heavy atom. The molecule has 196 valence electrons. The first-order chi connectivity index (χ1) is 18.0. The molecule has 9 heteroatoms. The van der Waals surface area contributed by atoms with Crippen LogP contribution in [-0.4, -0.2) is 50.1 Å². The number of nitrogens with one attached hydrogen (secondary N) is 1. The molecule has 1 fully saturated rings. The molecule has 2 amide bonds. The average Bonchev–Trinajstić information content (AvgIpc) is 3.34. The van der Waals surface area contributed by atoms with E-state index < -0.39 is 17.8 Å². The number of thiophene rings is 1. The Morgan fingerprint density at radius 3 is 2.57 bits per heavy atom. The van der Waals surface area contributed by atoms with Gasteiger partial charge in [0.25, 0.3) is 5.91 Å². The van der Waals surface area contributed by atoms with E-state index in [4.69, 9.17) is 14.2 Å². The Morgan fingerprint density at radius 2 is 1.89 bits per heavy atom. The summed E-state index contributed by atoms with van der Waals surface area (Å²) in [6.45, 7) is 1.11. The van der Waals surface area contributed by atoms with Gasteiger partial charge in [-0.1, -0.05) is 6.07 Å². The summed E-state index contributed by atoms with van der Waals surface area (Å²) in [7, 11) is 3.08. The number of nitrogens with zero attached hydrogens (tertiary/aromatic N) is 1. The number of amides is 2. The molecule has 2 aromatic carbocycles. The number of carbonyl (C=O) groups is 2. The first kappa shape index (κ1) is 26.5. The van der Waals surface area contributed by atoms with Gasteiger partial charge in [0.2, 0.25) is 11.7 Å². The van der Waals surface area contributed by atoms with Crippen molar-refractivity contribution in [2.45, 2.75) is 38.3 Å². The van der Waals surface area contributed by atoms with Crippen LogP contribution in [0.5, 0.6) is 17.2 Å². The highest BCUT2D eigenvalue weighted by Crippen LogP contribution is 2.39. The minimum absolute atomic E-state index is 0.106. The minimum Gasteiger partial charge on any atom is -0.493 e. The Labute approximate surface area is 220 Å². The molecule has 1 atom stereocenters. The Bertz CT molecular complexity index is 1190. The second-order valence-electron chi connectivity index (χ2n) is 8.81. The van der Waals surface area contributed by atoms with Crippen LogP contribution in [0.4, 0.5) is 4.39 Å². The molecule has 37 heavy (non-hydrogen) atoms. The molecule has 0 saturated carbocycles. The summed E-state index contributed by atoms with van der Waals surface area (Å²) >= 11 is 1.64. The number of carbonyl (C=O) groups excluding carboxylic acids is 2. The molecule has 0 aliphatic carbocycles. The predicted octanol–water partition coefficient (Wildman–Crippen LogP) is 4.84. The van der Waals surface area contributed by atoms with Gasteiger partial charge in [-0.3, -0.25) is 9.59 Å². The van der Waals surface area contributed by atoms with Crippen LogP contribution in [0.1, 0.15) is 40.7 Å². The van der Waals surface area contributed by atoms with E-state index >= 15 is 0 Å². The first-order valence-electron chi connectivity index (χ1n) is 12.2. The van der Waals surface area contributed by atoms with Crippen LogP contribution in [0.3, 0.4) is 0 Å². The summed E-state index contributed by atoms with van der Waals surface area (Å²) in [6.07, 6.45) is 2.89. The Balaban J connectivity index is 1.63. The number of rotatable bonds is 10. The van der Waals surface area contributed by atoms with Gasteiger partial charge >= 0.3 is 0 Å². The number of hydrogen-bond acceptors (Lipinski definition) is 6. The molecule has 0 unspecified atom stereocenters. The maximum atomic E-state index is 13.9. The minimum atomic E-state index is -0.684. The molecule has 1 saturated heterocycles. The normalized spacial score (nSPS) is 15.4. The van der Waals surface area contributed by atoms with Crippen LogP contribution in [0, 0.1) is 5.82 Å². The zero-order valence-electron chi connectivity index (χ0n) is 21.0. The van der Waals surface area contributed by atoms with Crippen molar-refractivity contribution in [2.24, 2.45) is 0 Å². The number of ether oxygens (including phenoxy) is 3. The number of benzene rings is 2. The van der Waals surface area contributed by atoms with Crippen LogP contribution < -0.4 is 19.5 Å². The lowest BCUT2D eigenvalue weighted by Crippen LogP contribution is -2.48. The molecule has 2 heterocycles. The van der Waals surface area contributed by atoms with Gasteiger partial charge in [-0.2, -0.15) is 11.3 Å². The van der Waals surface area contributed by atoms with Crippen molar-refractivity contribution in [1.29, 1.82) is 0 Å². The standard InChI is InChI=1S/C28H31FN2O5S/c1-34-24-14-20(15-25(35-2)26(24)36-12-9-19-10-13-37-18-19)17-31(23-8-3-4-11-30-27(23)32)28(33)21-6-5-7-22(29)16-21/h5-7,10,13-16,18,23H,3-4,8-9,11-12,17H2,1-2H3,(H,30,32)/t23-/m0/s1. The van der Waals surface area contributed by atoms with Crippen LogP contribution >= 0.6 is 11.3 Å². The summed E-state index contributed by atoms with van der Waals surface area (Å²) in [5, 5.41) is 6.99. The molecule has 0 spiro atoms. The van der Waals surface area contributed by atoms with Crippen LogP contribution in [-0.2, 0) is 17.8 Å². The van der Waals surface area contributed by atoms with Gasteiger partial charge in [0.05, 0.1) is 20.8 Å². The maximum absolute atomic E-state index is 13.9. The SMILES string of the molecule is COc1cc(CN(C(=O)c2cccc(F)c2)[C@H]2CCCCNC2=O)cc(OC)c1OCCc1ccsc1. The number of hydrogen-bond donors (Lipinski definition) is 1. The van der Waals surface area contributed by atoms with E-state index in [9.17, 15) is 14.0 Å². The van der Waals surface area contributed by atoms with Crippen molar-refractivity contribution in [3.63, 3.8) is 0 Å². The highest BCUT2D eigenvalue weighted by molar-refractivity contribution is 7.07. The van der Waals surface area contributed by atoms with Gasteiger partial charge in [-0.15, -0.1) is 0 Å². The van der Waals surface area contributed by atoms with E-state index in [-0.39, 0.29) is 18.0 Å². The fourth-order valence-corrected chi connectivity index (χ4v) is 5.10. The third kappa shape index (κ3) is 6.60. The second kappa shape index (κ2) is 12.6. The third-order valence-electron chi connectivity index (χ3n) is 6.31. The van der Waals surface area contributed by atoms with Crippen LogP contribution in [0.25, 0.3) is 0 Å². The molecule has 1 aliphatic heterocycles. The third-order valence-corrected chi connectivity index (χ3v) is 7.04. The van der Waals surface area contributed by atoms with Gasteiger partial charge in [-0.25, -0.2) is 4.39 Å². The zero-order valence-corrected chi connectivity index (χ0v) is 21.8. The molecule has 3 aromatic rings. The maximum Gasteiger partial charge on any atom is 0.254 e. The summed E-state index contributed by atoms with van der Waals surface area (Å²) in [5.41, 5.74) is 2.07. The topological polar surface area (TPSA) is 77.1 Å². The molecule has 0 bridgehead atoms. The van der Waals surface area contributed by atoms with Gasteiger partial charge in [0.1, 0.15) is 11.9 Å². The lowest BCUT2D eigenvalue weighted by molar-refractivity contribution is -0.125. The Hall–Kier alpha value is -3.59. The van der Waals surface area contributed by atoms with Crippen LogP contribution in [0.2, 0.25) is 0 Å². The van der Waals surface area contributed by atoms with Crippen molar-refractivity contribution in [3.8, 4) is 17.2 Å². The van der Waals surface area contributed by atoms with Crippen molar-refractivity contribution in [1.82, 2.24) is 10.2 Å². The van der Waals surface area contributed by atoms with E-state index in [0.29, 0.717) is 42.4 Å². The van der Waals surface area contributed by atoms with E-state index in [1.165, 1.54) is 28.7 Å².